The van der Waals surface area contributed by atoms with E-state index < -0.39 is 29.1 Å². The Balaban J connectivity index is 1.80. The van der Waals surface area contributed by atoms with Crippen molar-refractivity contribution in [2.75, 3.05) is 18.0 Å². The first-order valence-corrected chi connectivity index (χ1v) is 7.44. The van der Waals surface area contributed by atoms with Crippen molar-refractivity contribution < 1.29 is 26.7 Å². The van der Waals surface area contributed by atoms with Crippen LogP contribution < -0.4 is 9.64 Å². The monoisotopic (exact) mass is 343 g/mol. The summed E-state index contributed by atoms with van der Waals surface area (Å²) in [5, 5.41) is 0. The van der Waals surface area contributed by atoms with Crippen molar-refractivity contribution in [3.05, 3.63) is 53.6 Å². The number of alkyl halides is 3. The lowest BCUT2D eigenvalue weighted by Crippen LogP contribution is -2.17. The van der Waals surface area contributed by atoms with Gasteiger partial charge in [0.2, 0.25) is 0 Å². The third kappa shape index (κ3) is 3.44. The van der Waals surface area contributed by atoms with Crippen molar-refractivity contribution in [3.63, 3.8) is 0 Å². The Morgan fingerprint density at radius 2 is 1.42 bits per heavy atom. The first kappa shape index (κ1) is 16.5. The Morgan fingerprint density at radius 3 is 1.92 bits per heavy atom. The average Bonchev–Trinajstić information content (AvgIpc) is 3.05. The molecule has 2 nitrogen and oxygen atoms in total. The van der Waals surface area contributed by atoms with Crippen molar-refractivity contribution in [1.82, 2.24) is 0 Å². The molecule has 0 saturated carbocycles. The van der Waals surface area contributed by atoms with E-state index in [0.717, 1.165) is 31.6 Å². The molecular formula is C17H14F5NO. The van der Waals surface area contributed by atoms with Gasteiger partial charge < -0.3 is 9.64 Å². The summed E-state index contributed by atoms with van der Waals surface area (Å²) < 4.78 is 70.2. The summed E-state index contributed by atoms with van der Waals surface area (Å²) in [5.74, 6) is -3.50. The number of ether oxygens (including phenoxy) is 1. The van der Waals surface area contributed by atoms with E-state index >= 15 is 0 Å². The maximum absolute atomic E-state index is 13.8. The molecular weight excluding hydrogens is 329 g/mol. The second-order valence-corrected chi connectivity index (χ2v) is 5.56. The van der Waals surface area contributed by atoms with Crippen LogP contribution in [0.15, 0.2) is 36.4 Å². The van der Waals surface area contributed by atoms with Crippen molar-refractivity contribution in [1.29, 1.82) is 0 Å². The molecule has 1 fully saturated rings. The van der Waals surface area contributed by atoms with E-state index in [9.17, 15) is 22.0 Å². The molecule has 1 saturated heterocycles. The molecule has 128 valence electrons. The lowest BCUT2D eigenvalue weighted by atomic mass is 10.2. The van der Waals surface area contributed by atoms with E-state index in [1.54, 1.807) is 12.1 Å². The molecule has 24 heavy (non-hydrogen) atoms. The highest BCUT2D eigenvalue weighted by Crippen LogP contribution is 2.35. The van der Waals surface area contributed by atoms with Crippen LogP contribution >= 0.6 is 0 Å². The summed E-state index contributed by atoms with van der Waals surface area (Å²) in [6.45, 7) is 1.89. The minimum atomic E-state index is -4.82. The van der Waals surface area contributed by atoms with Crippen LogP contribution in [0, 0.1) is 11.6 Å². The largest absolute Gasteiger partial charge is 0.451 e. The normalized spacial score (nSPS) is 15.0. The summed E-state index contributed by atoms with van der Waals surface area (Å²) in [6, 6.07) is 7.00. The molecule has 1 aliphatic rings. The number of nitrogens with zero attached hydrogens (tertiary/aromatic N) is 1. The van der Waals surface area contributed by atoms with E-state index in [-0.39, 0.29) is 17.9 Å². The Kier molecular flexibility index (Phi) is 4.34. The Morgan fingerprint density at radius 1 is 0.875 bits per heavy atom. The molecule has 7 heteroatoms. The third-order valence-electron chi connectivity index (χ3n) is 3.85. The molecule has 0 aliphatic carbocycles. The summed E-state index contributed by atoms with van der Waals surface area (Å²) >= 11 is 0. The van der Waals surface area contributed by atoms with E-state index in [0.29, 0.717) is 0 Å². The Labute approximate surface area is 135 Å². The van der Waals surface area contributed by atoms with Gasteiger partial charge in [0.1, 0.15) is 5.75 Å². The maximum Gasteiger partial charge on any atom is 0.416 e. The van der Waals surface area contributed by atoms with E-state index in [2.05, 4.69) is 4.90 Å². The number of hydrogen-bond donors (Lipinski definition) is 0. The SMILES string of the molecule is Fc1cc(C(F)(F)F)cc(F)c1Oc1ccc(N2CCCC2)cc1. The van der Waals surface area contributed by atoms with Gasteiger partial charge >= 0.3 is 6.18 Å². The first-order chi connectivity index (χ1) is 11.3. The van der Waals surface area contributed by atoms with Crippen LogP contribution in [0.2, 0.25) is 0 Å². The maximum atomic E-state index is 13.8. The minimum absolute atomic E-state index is 0.149. The Hall–Kier alpha value is -2.31. The molecule has 0 spiro atoms. The molecule has 2 aromatic rings. The minimum Gasteiger partial charge on any atom is -0.451 e. The smallest absolute Gasteiger partial charge is 0.416 e. The van der Waals surface area contributed by atoms with Crippen molar-refractivity contribution in [2.24, 2.45) is 0 Å². The highest BCUT2D eigenvalue weighted by molar-refractivity contribution is 5.50. The first-order valence-electron chi connectivity index (χ1n) is 7.44. The quantitative estimate of drug-likeness (QED) is 0.694. The molecule has 1 heterocycles. The number of anilines is 1. The lowest BCUT2D eigenvalue weighted by Gasteiger charge is -2.18. The molecule has 0 aromatic heterocycles. The second-order valence-electron chi connectivity index (χ2n) is 5.56. The third-order valence-corrected chi connectivity index (χ3v) is 3.85. The molecule has 0 amide bonds. The summed E-state index contributed by atoms with van der Waals surface area (Å²) in [7, 11) is 0. The number of halogens is 5. The zero-order valence-electron chi connectivity index (χ0n) is 12.5. The van der Waals surface area contributed by atoms with Gasteiger partial charge in [-0.25, -0.2) is 8.78 Å². The van der Waals surface area contributed by atoms with Crippen LogP contribution in [0.25, 0.3) is 0 Å². The van der Waals surface area contributed by atoms with Crippen molar-refractivity contribution in [2.45, 2.75) is 19.0 Å². The van der Waals surface area contributed by atoms with Gasteiger partial charge in [0.05, 0.1) is 5.56 Å². The van der Waals surface area contributed by atoms with Crippen LogP contribution in [0.4, 0.5) is 27.6 Å². The standard InChI is InChI=1S/C17H14F5NO/c18-14-9-11(17(20,21)22)10-15(19)16(14)24-13-5-3-12(4-6-13)23-7-1-2-8-23/h3-6,9-10H,1-2,7-8H2. The van der Waals surface area contributed by atoms with E-state index in [1.807, 2.05) is 0 Å². The van der Waals surface area contributed by atoms with Gasteiger partial charge in [0.25, 0.3) is 0 Å². The molecule has 3 rings (SSSR count). The molecule has 0 N–H and O–H groups in total. The van der Waals surface area contributed by atoms with Crippen molar-refractivity contribution >= 4 is 5.69 Å². The van der Waals surface area contributed by atoms with Gasteiger partial charge in [-0.3, -0.25) is 0 Å². The average molecular weight is 343 g/mol. The summed E-state index contributed by atoms with van der Waals surface area (Å²) in [6.07, 6.45) is -2.60. The number of benzene rings is 2. The van der Waals surface area contributed by atoms with Gasteiger partial charge in [0, 0.05) is 18.8 Å². The van der Waals surface area contributed by atoms with E-state index in [4.69, 9.17) is 4.74 Å². The fourth-order valence-electron chi connectivity index (χ4n) is 2.64. The predicted molar refractivity (Wildman–Crippen MR) is 79.3 cm³/mol. The van der Waals surface area contributed by atoms with Gasteiger partial charge in [-0.15, -0.1) is 0 Å². The number of rotatable bonds is 3. The molecule has 0 radical (unpaired) electrons. The topological polar surface area (TPSA) is 12.5 Å². The fourth-order valence-corrected chi connectivity index (χ4v) is 2.64. The molecule has 0 atom stereocenters. The second kappa shape index (κ2) is 6.30. The molecule has 0 unspecified atom stereocenters. The molecule has 1 aliphatic heterocycles. The fraction of sp³-hybridized carbons (Fsp3) is 0.294. The van der Waals surface area contributed by atoms with Crippen LogP contribution in [0.1, 0.15) is 18.4 Å². The summed E-state index contributed by atoms with van der Waals surface area (Å²) in [5.41, 5.74) is -0.428. The van der Waals surface area contributed by atoms with E-state index in [1.165, 1.54) is 12.1 Å². The van der Waals surface area contributed by atoms with Crippen LogP contribution in [0.5, 0.6) is 11.5 Å². The zero-order chi connectivity index (χ0) is 17.3. The summed E-state index contributed by atoms with van der Waals surface area (Å²) in [4.78, 5) is 2.17. The molecule has 2 aromatic carbocycles. The highest BCUT2D eigenvalue weighted by atomic mass is 19.4. The van der Waals surface area contributed by atoms with Crippen LogP contribution in [-0.4, -0.2) is 13.1 Å². The van der Waals surface area contributed by atoms with Crippen LogP contribution in [0.3, 0.4) is 0 Å². The van der Waals surface area contributed by atoms with Crippen LogP contribution in [-0.2, 0) is 6.18 Å². The number of hydrogen-bond acceptors (Lipinski definition) is 2. The van der Waals surface area contributed by atoms with Gasteiger partial charge in [0.15, 0.2) is 17.4 Å². The van der Waals surface area contributed by atoms with Crippen molar-refractivity contribution in [3.8, 4) is 11.5 Å². The van der Waals surface area contributed by atoms with Gasteiger partial charge in [-0.05, 0) is 49.2 Å². The van der Waals surface area contributed by atoms with Gasteiger partial charge in [-0.2, -0.15) is 13.2 Å². The predicted octanol–water partition coefficient (Wildman–Crippen LogP) is 5.38. The highest BCUT2D eigenvalue weighted by Gasteiger charge is 2.33. The zero-order valence-corrected chi connectivity index (χ0v) is 12.5. The Bertz CT molecular complexity index is 698. The van der Waals surface area contributed by atoms with Gasteiger partial charge in [-0.1, -0.05) is 0 Å². The molecule has 0 bridgehead atoms. The lowest BCUT2D eigenvalue weighted by molar-refractivity contribution is -0.138.